The Kier molecular flexibility index (Phi) is 3.08. The van der Waals surface area contributed by atoms with E-state index >= 15 is 0 Å². The molecule has 0 saturated carbocycles. The molecule has 0 amide bonds. The van der Waals surface area contributed by atoms with Crippen LogP contribution >= 0.6 is 0 Å². The third-order valence-electron chi connectivity index (χ3n) is 3.75. The number of ether oxygens (including phenoxy) is 2. The fourth-order valence-corrected chi connectivity index (χ4v) is 2.58. The van der Waals surface area contributed by atoms with E-state index in [4.69, 9.17) is 9.47 Å². The summed E-state index contributed by atoms with van der Waals surface area (Å²) in [6.07, 6.45) is 1.23. The Morgan fingerprint density at radius 2 is 1.96 bits per heavy atom. The molecule has 0 unspecified atom stereocenters. The molecule has 0 bridgehead atoms. The Morgan fingerprint density at radius 3 is 2.87 bits per heavy atom. The maximum Gasteiger partial charge on any atom is 0.269 e. The maximum atomic E-state index is 12.5. The zero-order valence-corrected chi connectivity index (χ0v) is 12.1. The Hall–Kier alpha value is -3.15. The molecule has 0 aliphatic carbocycles. The monoisotopic (exact) mass is 308 g/mol. The fraction of sp³-hybridized carbons (Fsp3) is 0.118. The molecule has 4 rings (SSSR count). The number of para-hydroxylation sites is 2. The summed E-state index contributed by atoms with van der Waals surface area (Å²) >= 11 is 0. The molecule has 3 aromatic rings. The molecule has 0 radical (unpaired) electrons. The molecule has 0 saturated heterocycles. The van der Waals surface area contributed by atoms with Crippen molar-refractivity contribution in [2.24, 2.45) is 0 Å². The lowest BCUT2D eigenvalue weighted by atomic mass is 10.1. The van der Waals surface area contributed by atoms with Gasteiger partial charge in [0.2, 0.25) is 6.79 Å². The molecule has 0 N–H and O–H groups in total. The van der Waals surface area contributed by atoms with Crippen LogP contribution in [0.1, 0.15) is 10.4 Å². The van der Waals surface area contributed by atoms with Crippen LogP contribution in [0, 0.1) is 0 Å². The van der Waals surface area contributed by atoms with Gasteiger partial charge in [0.05, 0.1) is 23.8 Å². The van der Waals surface area contributed by atoms with Crippen molar-refractivity contribution in [1.82, 2.24) is 9.55 Å². The smallest absolute Gasteiger partial charge is 0.269 e. The molecule has 23 heavy (non-hydrogen) atoms. The van der Waals surface area contributed by atoms with Crippen molar-refractivity contribution < 1.29 is 14.3 Å². The average Bonchev–Trinajstić information content (AvgIpc) is 3.05. The molecule has 1 aliphatic rings. The molecule has 2 heterocycles. The topological polar surface area (TPSA) is 70.4 Å². The second-order valence-corrected chi connectivity index (χ2v) is 5.16. The summed E-state index contributed by atoms with van der Waals surface area (Å²) in [5, 5.41) is 0. The molecule has 6 heteroatoms. The van der Waals surface area contributed by atoms with E-state index in [9.17, 15) is 9.59 Å². The van der Waals surface area contributed by atoms with E-state index in [1.54, 1.807) is 30.3 Å². The first-order chi connectivity index (χ1) is 11.2. The molecule has 114 valence electrons. The van der Waals surface area contributed by atoms with Crippen molar-refractivity contribution in [1.29, 1.82) is 0 Å². The number of carbonyl (C=O) groups is 1. The van der Waals surface area contributed by atoms with Crippen LogP contribution < -0.4 is 15.0 Å². The van der Waals surface area contributed by atoms with Gasteiger partial charge in [-0.05, 0) is 30.3 Å². The average molecular weight is 308 g/mol. The predicted molar refractivity (Wildman–Crippen MR) is 82.9 cm³/mol. The number of aromatic nitrogens is 2. The van der Waals surface area contributed by atoms with Crippen LogP contribution in [0.3, 0.4) is 0 Å². The lowest BCUT2D eigenvalue weighted by molar-refractivity contribution is 0.0972. The van der Waals surface area contributed by atoms with E-state index in [0.717, 1.165) is 0 Å². The summed E-state index contributed by atoms with van der Waals surface area (Å²) in [5.41, 5.74) is 1.47. The van der Waals surface area contributed by atoms with E-state index in [0.29, 0.717) is 28.1 Å². The zero-order valence-electron chi connectivity index (χ0n) is 12.1. The Labute approximate surface area is 130 Å². The SMILES string of the molecule is O=C(Cn1c(=O)cnc2ccccc21)c1ccc2c(c1)OCO2. The first kappa shape index (κ1) is 13.5. The molecule has 0 spiro atoms. The molecule has 0 fully saturated rings. The van der Waals surface area contributed by atoms with Crippen LogP contribution in [0.15, 0.2) is 53.5 Å². The second kappa shape index (κ2) is 5.24. The van der Waals surface area contributed by atoms with E-state index in [1.807, 2.05) is 12.1 Å². The summed E-state index contributed by atoms with van der Waals surface area (Å²) in [5.74, 6) is 0.984. The number of hydrogen-bond acceptors (Lipinski definition) is 5. The van der Waals surface area contributed by atoms with Gasteiger partial charge in [0.25, 0.3) is 5.56 Å². The summed E-state index contributed by atoms with van der Waals surface area (Å²) < 4.78 is 11.9. The number of Topliss-reactive ketones (excluding diaryl/α,β-unsaturated/α-hetero) is 1. The van der Waals surface area contributed by atoms with Crippen molar-refractivity contribution >= 4 is 16.8 Å². The minimum absolute atomic E-state index is 0.0541. The Bertz CT molecular complexity index is 978. The molecular formula is C17H12N2O4. The molecule has 2 aromatic carbocycles. The van der Waals surface area contributed by atoms with E-state index in [2.05, 4.69) is 4.98 Å². The van der Waals surface area contributed by atoms with Crippen LogP contribution in [0.25, 0.3) is 11.0 Å². The van der Waals surface area contributed by atoms with Gasteiger partial charge in [-0.15, -0.1) is 0 Å². The van der Waals surface area contributed by atoms with E-state index in [1.165, 1.54) is 10.8 Å². The van der Waals surface area contributed by atoms with Gasteiger partial charge < -0.3 is 9.47 Å². The zero-order chi connectivity index (χ0) is 15.8. The second-order valence-electron chi connectivity index (χ2n) is 5.16. The highest BCUT2D eigenvalue weighted by Gasteiger charge is 2.17. The van der Waals surface area contributed by atoms with E-state index < -0.39 is 0 Å². The van der Waals surface area contributed by atoms with Gasteiger partial charge in [-0.25, -0.2) is 4.98 Å². The number of nitrogens with zero attached hydrogens (tertiary/aromatic N) is 2. The van der Waals surface area contributed by atoms with Crippen molar-refractivity contribution in [3.05, 3.63) is 64.6 Å². The molecule has 1 aliphatic heterocycles. The van der Waals surface area contributed by atoms with Gasteiger partial charge in [-0.2, -0.15) is 0 Å². The van der Waals surface area contributed by atoms with Gasteiger partial charge in [0.1, 0.15) is 0 Å². The minimum atomic E-state index is -0.308. The minimum Gasteiger partial charge on any atom is -0.454 e. The Balaban J connectivity index is 1.72. The Morgan fingerprint density at radius 1 is 1.13 bits per heavy atom. The molecule has 0 atom stereocenters. The molecular weight excluding hydrogens is 296 g/mol. The maximum absolute atomic E-state index is 12.5. The summed E-state index contributed by atoms with van der Waals surface area (Å²) in [7, 11) is 0. The highest BCUT2D eigenvalue weighted by Crippen LogP contribution is 2.32. The molecule has 1 aromatic heterocycles. The number of carbonyl (C=O) groups excluding carboxylic acids is 1. The highest BCUT2D eigenvalue weighted by molar-refractivity contribution is 5.97. The largest absolute Gasteiger partial charge is 0.454 e. The van der Waals surface area contributed by atoms with Crippen LogP contribution in [-0.4, -0.2) is 22.1 Å². The number of ketones is 1. The summed E-state index contributed by atoms with van der Waals surface area (Å²) in [6.45, 7) is 0.100. The lowest BCUT2D eigenvalue weighted by Gasteiger charge is -2.09. The normalized spacial score (nSPS) is 12.5. The van der Waals surface area contributed by atoms with Crippen LogP contribution in [-0.2, 0) is 6.54 Å². The van der Waals surface area contributed by atoms with Gasteiger partial charge in [0.15, 0.2) is 17.3 Å². The van der Waals surface area contributed by atoms with E-state index in [-0.39, 0.29) is 24.7 Å². The lowest BCUT2D eigenvalue weighted by Crippen LogP contribution is -2.24. The summed E-state index contributed by atoms with van der Waals surface area (Å²) in [4.78, 5) is 28.7. The van der Waals surface area contributed by atoms with Crippen LogP contribution in [0.4, 0.5) is 0 Å². The van der Waals surface area contributed by atoms with Gasteiger partial charge in [-0.1, -0.05) is 12.1 Å². The number of benzene rings is 2. The fourth-order valence-electron chi connectivity index (χ4n) is 2.58. The van der Waals surface area contributed by atoms with Gasteiger partial charge >= 0.3 is 0 Å². The number of fused-ring (bicyclic) bond motifs is 2. The van der Waals surface area contributed by atoms with Crippen molar-refractivity contribution in [3.63, 3.8) is 0 Å². The quantitative estimate of drug-likeness (QED) is 0.692. The summed E-state index contributed by atoms with van der Waals surface area (Å²) in [6, 6.07) is 12.2. The van der Waals surface area contributed by atoms with Crippen molar-refractivity contribution in [3.8, 4) is 11.5 Å². The van der Waals surface area contributed by atoms with Crippen LogP contribution in [0.2, 0.25) is 0 Å². The standard InChI is InChI=1S/C17H12N2O4/c20-14(11-5-6-15-16(7-11)23-10-22-15)9-19-13-4-2-1-3-12(13)18-8-17(19)21/h1-8H,9-10H2. The number of rotatable bonds is 3. The van der Waals surface area contributed by atoms with Crippen molar-refractivity contribution in [2.45, 2.75) is 6.54 Å². The third kappa shape index (κ3) is 2.34. The first-order valence-electron chi connectivity index (χ1n) is 7.10. The predicted octanol–water partition coefficient (Wildman–Crippen LogP) is 2.01. The van der Waals surface area contributed by atoms with Crippen molar-refractivity contribution in [2.75, 3.05) is 6.79 Å². The van der Waals surface area contributed by atoms with Gasteiger partial charge in [-0.3, -0.25) is 14.2 Å². The first-order valence-corrected chi connectivity index (χ1v) is 7.10. The number of hydrogen-bond donors (Lipinski definition) is 0. The van der Waals surface area contributed by atoms with Gasteiger partial charge in [0, 0.05) is 5.56 Å². The van der Waals surface area contributed by atoms with Crippen LogP contribution in [0.5, 0.6) is 11.5 Å². The third-order valence-corrected chi connectivity index (χ3v) is 3.75. The highest BCUT2D eigenvalue weighted by atomic mass is 16.7. The molecule has 6 nitrogen and oxygen atoms in total.